The van der Waals surface area contributed by atoms with E-state index in [9.17, 15) is 13.2 Å². The molecule has 4 heterocycles. The number of halogens is 2. The molecule has 6 rings (SSSR count). The van der Waals surface area contributed by atoms with Gasteiger partial charge in [-0.25, -0.2) is 22.6 Å². The molecule has 2 saturated heterocycles. The lowest BCUT2D eigenvalue weighted by Gasteiger charge is -2.39. The van der Waals surface area contributed by atoms with E-state index >= 15 is 9.18 Å². The highest BCUT2D eigenvalue weighted by Gasteiger charge is 2.59. The molecule has 1 atom stereocenters. The number of piperidine rings is 2. The molecule has 2 aromatic carbocycles. The van der Waals surface area contributed by atoms with Crippen molar-refractivity contribution in [2.45, 2.75) is 43.0 Å². The number of carbonyl (C=O) groups is 2. The van der Waals surface area contributed by atoms with Crippen molar-refractivity contribution >= 4 is 39.3 Å². The molecule has 0 saturated carbocycles. The van der Waals surface area contributed by atoms with Crippen molar-refractivity contribution in [3.8, 4) is 17.4 Å². The maximum Gasteiger partial charge on any atom is 0.427 e. The maximum atomic E-state index is 15.3. The van der Waals surface area contributed by atoms with Crippen LogP contribution in [0.25, 0.3) is 0 Å². The predicted octanol–water partition coefficient (Wildman–Crippen LogP) is 4.96. The largest absolute Gasteiger partial charge is 0.497 e. The zero-order chi connectivity index (χ0) is 36.5. The third kappa shape index (κ3) is 6.79. The lowest BCUT2D eigenvalue weighted by atomic mass is 9.79. The second-order valence-electron chi connectivity index (χ2n) is 12.8. The number of anilines is 1. The number of amides is 2. The lowest BCUT2D eigenvalue weighted by Crippen LogP contribution is -2.56. The number of hydrogen-bond donors (Lipinski definition) is 1. The molecule has 13 nitrogen and oxygen atoms in total. The van der Waals surface area contributed by atoms with Gasteiger partial charge in [0.05, 0.1) is 37.1 Å². The molecule has 274 valence electrons. The number of carbonyl (C=O) groups excluding carboxylic acids is 2. The zero-order valence-electron chi connectivity index (χ0n) is 28.9. The first-order valence-corrected chi connectivity index (χ1v) is 18.6. The SMILES string of the molecule is CCOc1ncccc1C1(NC(=O)ON2CCC(C3CCN(C)CC3)CC2)C(=O)N(S(=O)(=O)c2ccc(OC)cc2OC)c2cc(F)c(Cl)cc21. The Morgan fingerprint density at radius 1 is 1.02 bits per heavy atom. The Hall–Kier alpha value is -4.18. The summed E-state index contributed by atoms with van der Waals surface area (Å²) in [6.45, 7) is 4.90. The summed E-state index contributed by atoms with van der Waals surface area (Å²) in [4.78, 5) is 41.0. The number of aromatic nitrogens is 1. The Balaban J connectivity index is 1.40. The molecule has 3 aliphatic heterocycles. The van der Waals surface area contributed by atoms with Crippen molar-refractivity contribution in [2.75, 3.05) is 58.4 Å². The molecule has 1 aromatic heterocycles. The number of benzene rings is 2. The highest BCUT2D eigenvalue weighted by atomic mass is 35.5. The number of likely N-dealkylation sites (tertiary alicyclic amines) is 1. The quantitative estimate of drug-likeness (QED) is 0.301. The molecule has 16 heteroatoms. The minimum atomic E-state index is -4.86. The average molecular weight is 746 g/mol. The van der Waals surface area contributed by atoms with Crippen molar-refractivity contribution < 1.29 is 41.4 Å². The first-order chi connectivity index (χ1) is 24.4. The van der Waals surface area contributed by atoms with Crippen LogP contribution in [0.5, 0.6) is 17.4 Å². The van der Waals surface area contributed by atoms with E-state index in [4.69, 9.17) is 30.6 Å². The fourth-order valence-electron chi connectivity index (χ4n) is 7.31. The average Bonchev–Trinajstić information content (AvgIpc) is 3.35. The van der Waals surface area contributed by atoms with Gasteiger partial charge < -0.3 is 23.9 Å². The van der Waals surface area contributed by atoms with Gasteiger partial charge >= 0.3 is 6.09 Å². The van der Waals surface area contributed by atoms with Crippen molar-refractivity contribution in [2.24, 2.45) is 11.8 Å². The van der Waals surface area contributed by atoms with Gasteiger partial charge in [-0.05, 0) is 94.9 Å². The number of hydrogen-bond acceptors (Lipinski definition) is 11. The number of sulfonamides is 1. The number of nitrogens with zero attached hydrogens (tertiary/aromatic N) is 4. The van der Waals surface area contributed by atoms with E-state index < -0.39 is 43.3 Å². The highest BCUT2D eigenvalue weighted by Crippen LogP contribution is 2.51. The van der Waals surface area contributed by atoms with Crippen molar-refractivity contribution in [1.82, 2.24) is 20.3 Å². The normalized spacial score (nSPS) is 20.6. The lowest BCUT2D eigenvalue weighted by molar-refractivity contribution is -0.130. The molecule has 3 aromatic rings. The Morgan fingerprint density at radius 2 is 1.71 bits per heavy atom. The summed E-state index contributed by atoms with van der Waals surface area (Å²) < 4.78 is 61.1. The Bertz CT molecular complexity index is 1900. The number of fused-ring (bicyclic) bond motifs is 1. The molecular formula is C35H41ClFN5O8S. The maximum absolute atomic E-state index is 15.3. The topological polar surface area (TPSA) is 140 Å². The van der Waals surface area contributed by atoms with Crippen LogP contribution in [0.4, 0.5) is 14.9 Å². The minimum Gasteiger partial charge on any atom is -0.497 e. The monoisotopic (exact) mass is 745 g/mol. The first-order valence-electron chi connectivity index (χ1n) is 16.8. The van der Waals surface area contributed by atoms with Gasteiger partial charge in [-0.1, -0.05) is 11.6 Å². The molecule has 0 spiro atoms. The Kier molecular flexibility index (Phi) is 10.6. The van der Waals surface area contributed by atoms with Gasteiger partial charge in [-0.15, -0.1) is 5.06 Å². The zero-order valence-corrected chi connectivity index (χ0v) is 30.4. The standard InChI is InChI=1S/C35H41ClFN5O8S/c1-5-49-32-25(7-6-14-38-32)35(39-34(44)50-41-17-12-23(13-18-41)22-10-15-40(2)16-11-22)26-20-27(36)28(37)21-29(26)42(33(35)43)51(45,46)31-9-8-24(47-3)19-30(31)48-4/h6-9,14,19-23H,5,10-13,15-18H2,1-4H3,(H,39,44). The second-order valence-corrected chi connectivity index (χ2v) is 15.0. The van der Waals surface area contributed by atoms with E-state index in [0.717, 1.165) is 50.9 Å². The van der Waals surface area contributed by atoms with E-state index in [1.165, 1.54) is 55.8 Å². The number of pyridine rings is 1. The van der Waals surface area contributed by atoms with Crippen LogP contribution < -0.4 is 23.8 Å². The summed E-state index contributed by atoms with van der Waals surface area (Å²) >= 11 is 6.30. The summed E-state index contributed by atoms with van der Waals surface area (Å²) in [6, 6.07) is 8.84. The highest BCUT2D eigenvalue weighted by molar-refractivity contribution is 7.93. The third-order valence-corrected chi connectivity index (χ3v) is 12.0. The van der Waals surface area contributed by atoms with E-state index in [1.54, 1.807) is 6.92 Å². The number of ether oxygens (including phenoxy) is 3. The van der Waals surface area contributed by atoms with Crippen molar-refractivity contribution in [3.63, 3.8) is 0 Å². The fraction of sp³-hybridized carbons (Fsp3) is 0.457. The van der Waals surface area contributed by atoms with E-state index in [-0.39, 0.29) is 35.1 Å². The van der Waals surface area contributed by atoms with Crippen LogP contribution in [-0.2, 0) is 25.2 Å². The summed E-state index contributed by atoms with van der Waals surface area (Å²) in [5, 5.41) is 3.79. The molecule has 0 radical (unpaired) electrons. The summed E-state index contributed by atoms with van der Waals surface area (Å²) in [6.07, 6.45) is 4.30. The molecule has 0 aliphatic carbocycles. The predicted molar refractivity (Wildman–Crippen MR) is 186 cm³/mol. The van der Waals surface area contributed by atoms with Crippen LogP contribution in [0.2, 0.25) is 5.02 Å². The smallest absolute Gasteiger partial charge is 0.427 e. The van der Waals surface area contributed by atoms with Crippen LogP contribution in [0, 0.1) is 17.7 Å². The molecule has 0 bridgehead atoms. The first kappa shape index (κ1) is 36.6. The molecule has 1 N–H and O–H groups in total. The number of hydroxylamine groups is 2. The molecule has 2 fully saturated rings. The molecular weight excluding hydrogens is 705 g/mol. The molecule has 2 amide bonds. The second kappa shape index (κ2) is 14.8. The van der Waals surface area contributed by atoms with Gasteiger partial charge in [-0.2, -0.15) is 4.31 Å². The van der Waals surface area contributed by atoms with E-state index in [1.807, 2.05) is 0 Å². The van der Waals surface area contributed by atoms with E-state index in [2.05, 4.69) is 22.2 Å². The van der Waals surface area contributed by atoms with Gasteiger partial charge in [0.1, 0.15) is 22.2 Å². The summed E-state index contributed by atoms with van der Waals surface area (Å²) in [5.74, 6) is -0.966. The van der Waals surface area contributed by atoms with Gasteiger partial charge in [0.15, 0.2) is 5.54 Å². The van der Waals surface area contributed by atoms with Crippen molar-refractivity contribution in [1.29, 1.82) is 0 Å². The van der Waals surface area contributed by atoms with Crippen molar-refractivity contribution in [3.05, 3.63) is 70.6 Å². The van der Waals surface area contributed by atoms with Gasteiger partial charge in [0.25, 0.3) is 15.9 Å². The Labute approximate surface area is 301 Å². The molecule has 3 aliphatic rings. The number of rotatable bonds is 10. The van der Waals surface area contributed by atoms with Gasteiger partial charge in [-0.3, -0.25) is 10.1 Å². The Morgan fingerprint density at radius 3 is 2.35 bits per heavy atom. The fourth-order valence-corrected chi connectivity index (χ4v) is 9.08. The minimum absolute atomic E-state index is 0.0157. The summed E-state index contributed by atoms with van der Waals surface area (Å²) in [7, 11) is -0.0725. The molecule has 1 unspecified atom stereocenters. The third-order valence-electron chi connectivity index (χ3n) is 9.94. The number of nitrogens with one attached hydrogen (secondary N) is 1. The van der Waals surface area contributed by atoms with Gasteiger partial charge in [0, 0.05) is 37.0 Å². The number of methoxy groups -OCH3 is 2. The van der Waals surface area contributed by atoms with Gasteiger partial charge in [0.2, 0.25) is 5.88 Å². The molecule has 51 heavy (non-hydrogen) atoms. The van der Waals surface area contributed by atoms with Crippen LogP contribution in [0.3, 0.4) is 0 Å². The summed E-state index contributed by atoms with van der Waals surface area (Å²) in [5.41, 5.74) is -2.88. The van der Waals surface area contributed by atoms with Crippen LogP contribution in [0.15, 0.2) is 53.6 Å². The van der Waals surface area contributed by atoms with Crippen LogP contribution in [0.1, 0.15) is 43.7 Å². The van der Waals surface area contributed by atoms with E-state index in [0.29, 0.717) is 35.0 Å². The van der Waals surface area contributed by atoms with Crippen LogP contribution in [-0.4, -0.2) is 89.4 Å². The van der Waals surface area contributed by atoms with Crippen LogP contribution >= 0.6 is 11.6 Å².